The second-order valence-electron chi connectivity index (χ2n) is 4.18. The van der Waals surface area contributed by atoms with Crippen molar-refractivity contribution in [2.45, 2.75) is 0 Å². The van der Waals surface area contributed by atoms with E-state index in [1.807, 2.05) is 17.8 Å². The maximum atomic E-state index is 13.0. The summed E-state index contributed by atoms with van der Waals surface area (Å²) in [7, 11) is 0. The Kier molecular flexibility index (Phi) is 4.85. The molecule has 1 N–H and O–H groups in total. The third kappa shape index (κ3) is 3.62. The minimum absolute atomic E-state index is 0.365. The van der Waals surface area contributed by atoms with Gasteiger partial charge in [0.1, 0.15) is 11.9 Å². The minimum atomic E-state index is -0.370. The Bertz CT molecular complexity index is 438. The highest BCUT2D eigenvalue weighted by Crippen LogP contribution is 2.16. The molecule has 0 saturated carbocycles. The standard InChI is InChI=1S/C13H16FN3S/c14-12-1-2-13(11(9-12)10-15)16-3-4-17-5-7-18-8-6-17/h1-2,9,16H,3-8H2. The largest absolute Gasteiger partial charge is 0.383 e. The van der Waals surface area contributed by atoms with E-state index in [1.54, 1.807) is 6.07 Å². The van der Waals surface area contributed by atoms with Gasteiger partial charge >= 0.3 is 0 Å². The lowest BCUT2D eigenvalue weighted by molar-refractivity contribution is 0.314. The first-order valence-corrected chi connectivity index (χ1v) is 7.18. The van der Waals surface area contributed by atoms with Crippen molar-refractivity contribution in [3.63, 3.8) is 0 Å². The molecular formula is C13H16FN3S. The monoisotopic (exact) mass is 265 g/mol. The Morgan fingerprint density at radius 1 is 1.39 bits per heavy atom. The van der Waals surface area contributed by atoms with Gasteiger partial charge in [0.15, 0.2) is 0 Å². The number of benzene rings is 1. The van der Waals surface area contributed by atoms with Crippen molar-refractivity contribution in [1.29, 1.82) is 5.26 Å². The van der Waals surface area contributed by atoms with Crippen molar-refractivity contribution < 1.29 is 4.39 Å². The quantitative estimate of drug-likeness (QED) is 0.905. The zero-order chi connectivity index (χ0) is 12.8. The fraction of sp³-hybridized carbons (Fsp3) is 0.462. The van der Waals surface area contributed by atoms with Gasteiger partial charge in [-0.3, -0.25) is 4.90 Å². The molecule has 5 heteroatoms. The summed E-state index contributed by atoms with van der Waals surface area (Å²) < 4.78 is 13.0. The van der Waals surface area contributed by atoms with Crippen LogP contribution in [-0.2, 0) is 0 Å². The van der Waals surface area contributed by atoms with Crippen LogP contribution in [0.4, 0.5) is 10.1 Å². The molecule has 0 aliphatic carbocycles. The molecule has 0 atom stereocenters. The molecule has 0 unspecified atom stereocenters. The predicted octanol–water partition coefficient (Wildman–Crippen LogP) is 2.16. The zero-order valence-electron chi connectivity index (χ0n) is 10.2. The van der Waals surface area contributed by atoms with Crippen LogP contribution in [0.2, 0.25) is 0 Å². The van der Waals surface area contributed by atoms with E-state index in [1.165, 1.54) is 23.6 Å². The molecule has 0 bridgehead atoms. The van der Waals surface area contributed by atoms with Gasteiger partial charge in [-0.1, -0.05) is 0 Å². The number of nitrogens with one attached hydrogen (secondary N) is 1. The number of nitriles is 1. The van der Waals surface area contributed by atoms with Gasteiger partial charge in [0.05, 0.1) is 11.3 Å². The predicted molar refractivity (Wildman–Crippen MR) is 73.4 cm³/mol. The van der Waals surface area contributed by atoms with E-state index in [9.17, 15) is 4.39 Å². The second-order valence-corrected chi connectivity index (χ2v) is 5.41. The fourth-order valence-corrected chi connectivity index (χ4v) is 2.92. The van der Waals surface area contributed by atoms with E-state index in [2.05, 4.69) is 10.2 Å². The molecule has 96 valence electrons. The van der Waals surface area contributed by atoms with Crippen molar-refractivity contribution in [1.82, 2.24) is 4.90 Å². The van der Waals surface area contributed by atoms with Crippen LogP contribution in [0.1, 0.15) is 5.56 Å². The van der Waals surface area contributed by atoms with Gasteiger partial charge in [-0.25, -0.2) is 4.39 Å². The zero-order valence-corrected chi connectivity index (χ0v) is 11.0. The molecule has 2 rings (SSSR count). The van der Waals surface area contributed by atoms with Crippen LogP contribution in [0.15, 0.2) is 18.2 Å². The van der Waals surface area contributed by atoms with Crippen molar-refractivity contribution in [3.8, 4) is 6.07 Å². The molecule has 1 fully saturated rings. The Balaban J connectivity index is 1.84. The fourth-order valence-electron chi connectivity index (χ4n) is 1.94. The van der Waals surface area contributed by atoms with Crippen molar-refractivity contribution >= 4 is 17.4 Å². The van der Waals surface area contributed by atoms with Gasteiger partial charge in [0.25, 0.3) is 0 Å². The normalized spacial score (nSPS) is 16.2. The van der Waals surface area contributed by atoms with E-state index in [4.69, 9.17) is 5.26 Å². The average molecular weight is 265 g/mol. The van der Waals surface area contributed by atoms with Gasteiger partial charge < -0.3 is 5.32 Å². The molecule has 1 heterocycles. The molecule has 18 heavy (non-hydrogen) atoms. The molecule has 1 aromatic rings. The topological polar surface area (TPSA) is 39.1 Å². The molecule has 1 aliphatic rings. The van der Waals surface area contributed by atoms with Crippen molar-refractivity contribution in [2.24, 2.45) is 0 Å². The minimum Gasteiger partial charge on any atom is -0.383 e. The van der Waals surface area contributed by atoms with E-state index in [0.717, 1.165) is 26.2 Å². The maximum absolute atomic E-state index is 13.0. The third-order valence-corrected chi connectivity index (χ3v) is 3.89. The van der Waals surface area contributed by atoms with Crippen LogP contribution in [0.25, 0.3) is 0 Å². The highest BCUT2D eigenvalue weighted by molar-refractivity contribution is 7.99. The first-order valence-electron chi connectivity index (χ1n) is 6.03. The van der Waals surface area contributed by atoms with Gasteiger partial charge in [-0.2, -0.15) is 17.0 Å². The lowest BCUT2D eigenvalue weighted by Gasteiger charge is -2.26. The first kappa shape index (κ1) is 13.2. The number of nitrogens with zero attached hydrogens (tertiary/aromatic N) is 2. The summed E-state index contributed by atoms with van der Waals surface area (Å²) in [4.78, 5) is 2.40. The second kappa shape index (κ2) is 6.62. The van der Waals surface area contributed by atoms with Gasteiger partial charge in [0, 0.05) is 37.7 Å². The van der Waals surface area contributed by atoms with Crippen molar-refractivity contribution in [2.75, 3.05) is 43.0 Å². The Hall–Kier alpha value is -1.25. The molecule has 1 aliphatic heterocycles. The van der Waals surface area contributed by atoms with E-state index >= 15 is 0 Å². The van der Waals surface area contributed by atoms with Crippen LogP contribution in [0.5, 0.6) is 0 Å². The SMILES string of the molecule is N#Cc1cc(F)ccc1NCCN1CCSCC1. The number of halogens is 1. The first-order chi connectivity index (χ1) is 8.79. The van der Waals surface area contributed by atoms with Gasteiger partial charge in [-0.15, -0.1) is 0 Å². The van der Waals surface area contributed by atoms with Crippen molar-refractivity contribution in [3.05, 3.63) is 29.6 Å². The number of rotatable bonds is 4. The summed E-state index contributed by atoms with van der Waals surface area (Å²) in [6.07, 6.45) is 0. The lowest BCUT2D eigenvalue weighted by Crippen LogP contribution is -2.36. The van der Waals surface area contributed by atoms with Crippen LogP contribution >= 0.6 is 11.8 Å². The smallest absolute Gasteiger partial charge is 0.124 e. The Morgan fingerprint density at radius 3 is 2.89 bits per heavy atom. The van der Waals surface area contributed by atoms with Crippen LogP contribution in [0, 0.1) is 17.1 Å². The molecule has 1 aromatic carbocycles. The Labute approximate surface area is 111 Å². The summed E-state index contributed by atoms with van der Waals surface area (Å²) in [5.74, 6) is 2.02. The lowest BCUT2D eigenvalue weighted by atomic mass is 10.2. The van der Waals surface area contributed by atoms with Crippen LogP contribution < -0.4 is 5.32 Å². The number of thioether (sulfide) groups is 1. The number of anilines is 1. The van der Waals surface area contributed by atoms with E-state index in [-0.39, 0.29) is 5.82 Å². The molecular weight excluding hydrogens is 249 g/mol. The summed E-state index contributed by atoms with van der Waals surface area (Å²) >= 11 is 1.99. The Morgan fingerprint density at radius 2 is 2.17 bits per heavy atom. The molecule has 3 nitrogen and oxygen atoms in total. The molecule has 0 radical (unpaired) electrons. The average Bonchev–Trinajstić information content (AvgIpc) is 2.41. The summed E-state index contributed by atoms with van der Waals surface area (Å²) in [5.41, 5.74) is 1.08. The molecule has 1 saturated heterocycles. The number of hydrogen-bond donors (Lipinski definition) is 1. The third-order valence-electron chi connectivity index (χ3n) is 2.95. The highest BCUT2D eigenvalue weighted by atomic mass is 32.2. The maximum Gasteiger partial charge on any atom is 0.124 e. The van der Waals surface area contributed by atoms with Crippen LogP contribution in [-0.4, -0.2) is 42.6 Å². The molecule has 0 spiro atoms. The molecule has 0 aromatic heterocycles. The summed E-state index contributed by atoms with van der Waals surface area (Å²) in [6.45, 7) is 4.00. The van der Waals surface area contributed by atoms with E-state index < -0.39 is 0 Å². The molecule has 0 amide bonds. The highest BCUT2D eigenvalue weighted by Gasteiger charge is 2.10. The summed E-state index contributed by atoms with van der Waals surface area (Å²) in [5, 5.41) is 12.1. The number of hydrogen-bond acceptors (Lipinski definition) is 4. The van der Waals surface area contributed by atoms with Gasteiger partial charge in [0.2, 0.25) is 0 Å². The van der Waals surface area contributed by atoms with Crippen LogP contribution in [0.3, 0.4) is 0 Å². The van der Waals surface area contributed by atoms with Gasteiger partial charge in [-0.05, 0) is 18.2 Å². The van der Waals surface area contributed by atoms with E-state index in [0.29, 0.717) is 11.3 Å². The summed E-state index contributed by atoms with van der Waals surface area (Å²) in [6, 6.07) is 6.27.